The molecule has 1 radical (unpaired) electrons. The zero-order valence-corrected chi connectivity index (χ0v) is 17.5. The van der Waals surface area contributed by atoms with Crippen molar-refractivity contribution in [2.75, 3.05) is 0 Å². The molecule has 0 heterocycles. The van der Waals surface area contributed by atoms with Crippen LogP contribution in [0.2, 0.25) is 0 Å². The number of rotatable bonds is 4. The van der Waals surface area contributed by atoms with E-state index in [0.29, 0.717) is 0 Å². The van der Waals surface area contributed by atoms with Gasteiger partial charge in [0.1, 0.15) is 11.5 Å². The average Bonchev–Trinajstić information content (AvgIpc) is 2.67. The molecule has 1 aliphatic rings. The van der Waals surface area contributed by atoms with Crippen LogP contribution in [-0.4, -0.2) is 0 Å². The largest absolute Gasteiger partial charge is 0.542 e. The van der Waals surface area contributed by atoms with Gasteiger partial charge in [-0.05, 0) is 24.3 Å². The first-order valence-corrected chi connectivity index (χ1v) is 8.45. The van der Waals surface area contributed by atoms with Gasteiger partial charge >= 0.3 is 0 Å². The number of ether oxygens (including phenoxy) is 2. The van der Waals surface area contributed by atoms with Crippen LogP contribution in [0.5, 0.6) is 11.5 Å². The Labute approximate surface area is 179 Å². The van der Waals surface area contributed by atoms with Crippen LogP contribution in [0.4, 0.5) is 0 Å². The van der Waals surface area contributed by atoms with Gasteiger partial charge in [0.25, 0.3) is 0 Å². The van der Waals surface area contributed by atoms with Crippen molar-refractivity contribution in [3.63, 3.8) is 0 Å². The minimum atomic E-state index is 0. The number of para-hydroxylation sites is 2. The molecule has 0 N–H and O–H groups in total. The minimum Gasteiger partial charge on any atom is -0.542 e. The van der Waals surface area contributed by atoms with Crippen LogP contribution in [0.25, 0.3) is 5.76 Å². The molecule has 0 saturated carbocycles. The van der Waals surface area contributed by atoms with Crippen molar-refractivity contribution >= 4 is 5.76 Å². The van der Waals surface area contributed by atoms with Crippen molar-refractivity contribution in [2.45, 2.75) is 12.8 Å². The van der Waals surface area contributed by atoms with Crippen molar-refractivity contribution < 1.29 is 42.2 Å². The summed E-state index contributed by atoms with van der Waals surface area (Å²) in [6.45, 7) is 2.17. The standard InChI is InChI=1S/C23H19O2.Y/c1-17-16-22(24-18-10-4-2-5-11-18)23(21-15-9-8-14-20(17)21)25-19-12-6-3-7-13-19;/h2-17H,1H3;/q-1;. The summed E-state index contributed by atoms with van der Waals surface area (Å²) in [6, 6.07) is 28.0. The number of hydrogen-bond acceptors (Lipinski definition) is 2. The molecule has 0 aromatic heterocycles. The summed E-state index contributed by atoms with van der Waals surface area (Å²) in [4.78, 5) is 0. The van der Waals surface area contributed by atoms with E-state index >= 15 is 0 Å². The summed E-state index contributed by atoms with van der Waals surface area (Å²) in [6.07, 6.45) is 2.12. The molecule has 3 heteroatoms. The van der Waals surface area contributed by atoms with Gasteiger partial charge in [-0.3, -0.25) is 0 Å². The van der Waals surface area contributed by atoms with Gasteiger partial charge in [0, 0.05) is 44.2 Å². The molecule has 0 fully saturated rings. The third-order valence-electron chi connectivity index (χ3n) is 4.26. The van der Waals surface area contributed by atoms with Crippen LogP contribution in [-0.2, 0) is 32.7 Å². The monoisotopic (exact) mass is 416 g/mol. The van der Waals surface area contributed by atoms with Crippen molar-refractivity contribution in [1.29, 1.82) is 0 Å². The van der Waals surface area contributed by atoms with E-state index in [1.165, 1.54) is 5.56 Å². The fourth-order valence-corrected chi connectivity index (χ4v) is 3.03. The van der Waals surface area contributed by atoms with E-state index < -0.39 is 0 Å². The van der Waals surface area contributed by atoms with Gasteiger partial charge in [0.05, 0.1) is 0 Å². The Morgan fingerprint density at radius 1 is 0.692 bits per heavy atom. The van der Waals surface area contributed by atoms with E-state index in [9.17, 15) is 0 Å². The third-order valence-corrected chi connectivity index (χ3v) is 4.26. The Morgan fingerprint density at radius 2 is 1.23 bits per heavy atom. The molecule has 0 amide bonds. The number of hydrogen-bond donors (Lipinski definition) is 0. The molecule has 1 aliphatic carbocycles. The fourth-order valence-electron chi connectivity index (χ4n) is 3.03. The van der Waals surface area contributed by atoms with Crippen LogP contribution in [0.1, 0.15) is 24.0 Å². The van der Waals surface area contributed by atoms with Gasteiger partial charge in [-0.25, -0.2) is 0 Å². The second kappa shape index (κ2) is 8.57. The summed E-state index contributed by atoms with van der Waals surface area (Å²) in [5.74, 6) is 3.36. The summed E-state index contributed by atoms with van der Waals surface area (Å²) in [5.41, 5.74) is 2.32. The van der Waals surface area contributed by atoms with Crippen molar-refractivity contribution in [2.24, 2.45) is 0 Å². The third kappa shape index (κ3) is 4.03. The molecule has 127 valence electrons. The molecule has 0 aliphatic heterocycles. The zero-order valence-electron chi connectivity index (χ0n) is 14.6. The van der Waals surface area contributed by atoms with Gasteiger partial charge in [-0.15, -0.1) is 0 Å². The van der Waals surface area contributed by atoms with E-state index in [2.05, 4.69) is 31.5 Å². The van der Waals surface area contributed by atoms with Crippen molar-refractivity contribution in [3.05, 3.63) is 108 Å². The predicted octanol–water partition coefficient (Wildman–Crippen LogP) is 5.83. The number of allylic oxidation sites excluding steroid dienone is 1. The van der Waals surface area contributed by atoms with Gasteiger partial charge in [0.2, 0.25) is 0 Å². The fraction of sp³-hybridized carbons (Fsp3) is 0.0870. The molecule has 3 aromatic rings. The van der Waals surface area contributed by atoms with Crippen molar-refractivity contribution in [1.82, 2.24) is 0 Å². The van der Waals surface area contributed by atoms with E-state index in [-0.39, 0.29) is 38.6 Å². The van der Waals surface area contributed by atoms with Gasteiger partial charge < -0.3 is 9.47 Å². The van der Waals surface area contributed by atoms with E-state index in [1.54, 1.807) is 0 Å². The molecule has 3 aromatic carbocycles. The maximum absolute atomic E-state index is 6.24. The Morgan fingerprint density at radius 3 is 1.88 bits per heavy atom. The molecule has 26 heavy (non-hydrogen) atoms. The zero-order chi connectivity index (χ0) is 17.1. The Hall–Kier alpha value is -2.03. The quantitative estimate of drug-likeness (QED) is 0.498. The van der Waals surface area contributed by atoms with Crippen LogP contribution < -0.4 is 9.47 Å². The topological polar surface area (TPSA) is 18.5 Å². The molecule has 0 bridgehead atoms. The Balaban J connectivity index is 0.00000196. The molecule has 2 nitrogen and oxygen atoms in total. The maximum atomic E-state index is 6.24. The molecule has 4 rings (SSSR count). The second-order valence-electron chi connectivity index (χ2n) is 6.07. The number of fused-ring (bicyclic) bond motifs is 1. The second-order valence-corrected chi connectivity index (χ2v) is 6.07. The number of benzene rings is 3. The molecular formula is C23H19O2Y-. The van der Waals surface area contributed by atoms with Crippen LogP contribution in [0.3, 0.4) is 0 Å². The average molecular weight is 416 g/mol. The molecular weight excluding hydrogens is 397 g/mol. The summed E-state index contributed by atoms with van der Waals surface area (Å²) in [5, 5.41) is 0. The van der Waals surface area contributed by atoms with Crippen molar-refractivity contribution in [3.8, 4) is 11.5 Å². The Kier molecular flexibility index (Phi) is 6.18. The molecule has 1 atom stereocenters. The van der Waals surface area contributed by atoms with Crippen LogP contribution >= 0.6 is 0 Å². The van der Waals surface area contributed by atoms with Crippen LogP contribution in [0, 0.1) is 6.42 Å². The normalized spacial score (nSPS) is 15.3. The van der Waals surface area contributed by atoms with Gasteiger partial charge in [0.15, 0.2) is 0 Å². The van der Waals surface area contributed by atoms with Gasteiger partial charge in [-0.1, -0.05) is 84.6 Å². The summed E-state index contributed by atoms with van der Waals surface area (Å²) >= 11 is 0. The molecule has 0 spiro atoms. The molecule has 1 unspecified atom stereocenters. The first kappa shape index (κ1) is 18.8. The van der Waals surface area contributed by atoms with E-state index in [1.807, 2.05) is 66.7 Å². The molecule has 0 saturated heterocycles. The van der Waals surface area contributed by atoms with E-state index in [0.717, 1.165) is 28.6 Å². The minimum absolute atomic E-state index is 0. The SMILES string of the molecule is CC1[CH-]C(Oc2ccccc2)=C(Oc2ccccc2)c2ccccc21.[Y]. The smallest absolute Gasteiger partial charge is 0.122 e. The van der Waals surface area contributed by atoms with Gasteiger partial charge in [-0.2, -0.15) is 6.42 Å². The van der Waals surface area contributed by atoms with E-state index in [4.69, 9.17) is 9.47 Å². The maximum Gasteiger partial charge on any atom is 0.122 e. The summed E-state index contributed by atoms with van der Waals surface area (Å²) in [7, 11) is 0. The van der Waals surface area contributed by atoms with Crippen LogP contribution in [0.15, 0.2) is 90.7 Å². The predicted molar refractivity (Wildman–Crippen MR) is 100 cm³/mol. The summed E-state index contributed by atoms with van der Waals surface area (Å²) < 4.78 is 12.4. The first-order chi connectivity index (χ1) is 12.3. The first-order valence-electron chi connectivity index (χ1n) is 8.45. The Bertz CT molecular complexity index is 888.